The second kappa shape index (κ2) is 7.39. The van der Waals surface area contributed by atoms with Crippen LogP contribution in [-0.2, 0) is 10.0 Å². The van der Waals surface area contributed by atoms with Crippen LogP contribution in [0.4, 0.5) is 14.5 Å². The summed E-state index contributed by atoms with van der Waals surface area (Å²) in [6, 6.07) is 5.49. The van der Waals surface area contributed by atoms with Crippen molar-refractivity contribution in [3.63, 3.8) is 0 Å². The van der Waals surface area contributed by atoms with Crippen molar-refractivity contribution < 1.29 is 21.9 Å². The molecule has 0 spiro atoms. The van der Waals surface area contributed by atoms with E-state index in [4.69, 9.17) is 0 Å². The molecule has 5 nitrogen and oxygen atoms in total. The third kappa shape index (κ3) is 6.67. The van der Waals surface area contributed by atoms with Gasteiger partial charge in [-0.1, -0.05) is 13.8 Å². The Balaban J connectivity index is 2.54. The SMILES string of the molecule is CC(C)NCCS(=O)(=O)Nc1ccc(OC(F)F)cc1. The lowest BCUT2D eigenvalue weighted by Crippen LogP contribution is -2.30. The molecule has 114 valence electrons. The van der Waals surface area contributed by atoms with Gasteiger partial charge < -0.3 is 10.1 Å². The van der Waals surface area contributed by atoms with Gasteiger partial charge in [0.05, 0.1) is 5.75 Å². The number of rotatable bonds is 8. The Morgan fingerprint density at radius 3 is 2.30 bits per heavy atom. The molecule has 0 aliphatic heterocycles. The van der Waals surface area contributed by atoms with Crippen LogP contribution >= 0.6 is 0 Å². The fourth-order valence-corrected chi connectivity index (χ4v) is 2.40. The molecule has 1 aromatic rings. The third-order valence-corrected chi connectivity index (χ3v) is 3.56. The second-order valence-corrected chi connectivity index (χ2v) is 6.27. The van der Waals surface area contributed by atoms with Crippen LogP contribution in [0.15, 0.2) is 24.3 Å². The fraction of sp³-hybridized carbons (Fsp3) is 0.500. The van der Waals surface area contributed by atoms with Gasteiger partial charge in [-0.05, 0) is 24.3 Å². The van der Waals surface area contributed by atoms with Gasteiger partial charge in [-0.15, -0.1) is 0 Å². The summed E-state index contributed by atoms with van der Waals surface area (Å²) < 4.78 is 53.9. The molecule has 20 heavy (non-hydrogen) atoms. The van der Waals surface area contributed by atoms with Crippen molar-refractivity contribution in [3.05, 3.63) is 24.3 Å². The molecule has 0 fully saturated rings. The molecular formula is C12H18F2N2O3S. The number of anilines is 1. The molecule has 0 radical (unpaired) electrons. The Labute approximate surface area is 117 Å². The van der Waals surface area contributed by atoms with Crippen molar-refractivity contribution in [1.82, 2.24) is 5.32 Å². The summed E-state index contributed by atoms with van der Waals surface area (Å²) in [5, 5.41) is 3.00. The Morgan fingerprint density at radius 1 is 1.20 bits per heavy atom. The smallest absolute Gasteiger partial charge is 0.387 e. The molecule has 2 N–H and O–H groups in total. The third-order valence-electron chi connectivity index (χ3n) is 2.28. The number of nitrogens with one attached hydrogen (secondary N) is 2. The van der Waals surface area contributed by atoms with Gasteiger partial charge in [0.1, 0.15) is 5.75 Å². The summed E-state index contributed by atoms with van der Waals surface area (Å²) in [5.41, 5.74) is 0.302. The van der Waals surface area contributed by atoms with E-state index in [0.29, 0.717) is 12.2 Å². The zero-order chi connectivity index (χ0) is 15.2. The maximum Gasteiger partial charge on any atom is 0.387 e. The Morgan fingerprint density at radius 2 is 1.80 bits per heavy atom. The molecule has 0 saturated heterocycles. The van der Waals surface area contributed by atoms with E-state index < -0.39 is 16.6 Å². The highest BCUT2D eigenvalue weighted by atomic mass is 32.2. The van der Waals surface area contributed by atoms with E-state index >= 15 is 0 Å². The summed E-state index contributed by atoms with van der Waals surface area (Å²) >= 11 is 0. The quantitative estimate of drug-likeness (QED) is 0.771. The Bertz CT molecular complexity index is 504. The van der Waals surface area contributed by atoms with E-state index in [1.165, 1.54) is 24.3 Å². The van der Waals surface area contributed by atoms with Gasteiger partial charge in [0.25, 0.3) is 0 Å². The molecule has 0 heterocycles. The average molecular weight is 308 g/mol. The first kappa shape index (κ1) is 16.6. The number of sulfonamides is 1. The molecule has 0 aliphatic carbocycles. The van der Waals surface area contributed by atoms with Crippen LogP contribution in [0.5, 0.6) is 5.75 Å². The summed E-state index contributed by atoms with van der Waals surface area (Å²) in [7, 11) is -3.47. The van der Waals surface area contributed by atoms with Gasteiger partial charge in [0, 0.05) is 18.3 Å². The van der Waals surface area contributed by atoms with Gasteiger partial charge in [-0.3, -0.25) is 4.72 Å². The van der Waals surface area contributed by atoms with Crippen molar-refractivity contribution in [1.29, 1.82) is 0 Å². The molecule has 0 bridgehead atoms. The minimum absolute atomic E-state index is 0.0237. The molecule has 0 aromatic heterocycles. The van der Waals surface area contributed by atoms with Crippen LogP contribution in [0.3, 0.4) is 0 Å². The second-order valence-electron chi connectivity index (χ2n) is 4.43. The molecule has 8 heteroatoms. The molecule has 0 unspecified atom stereocenters. The first-order valence-electron chi connectivity index (χ1n) is 6.07. The van der Waals surface area contributed by atoms with Crippen LogP contribution in [-0.4, -0.2) is 33.4 Å². The number of hydrogen-bond acceptors (Lipinski definition) is 4. The summed E-state index contributed by atoms with van der Waals surface area (Å²) in [4.78, 5) is 0. The highest BCUT2D eigenvalue weighted by Crippen LogP contribution is 2.18. The highest BCUT2D eigenvalue weighted by molar-refractivity contribution is 7.92. The average Bonchev–Trinajstić information content (AvgIpc) is 2.29. The van der Waals surface area contributed by atoms with Crippen molar-refractivity contribution in [2.75, 3.05) is 17.0 Å². The first-order chi connectivity index (χ1) is 9.28. The standard InChI is InChI=1S/C12H18F2N2O3S/c1-9(2)15-7-8-20(17,18)16-10-3-5-11(6-4-10)19-12(13)14/h3-6,9,12,15-16H,7-8H2,1-2H3. The van der Waals surface area contributed by atoms with E-state index in [1.807, 2.05) is 13.8 Å². The highest BCUT2D eigenvalue weighted by Gasteiger charge is 2.11. The van der Waals surface area contributed by atoms with Gasteiger partial charge in [0.2, 0.25) is 10.0 Å². The van der Waals surface area contributed by atoms with E-state index in [-0.39, 0.29) is 17.5 Å². The zero-order valence-electron chi connectivity index (χ0n) is 11.3. The maximum atomic E-state index is 12.0. The van der Waals surface area contributed by atoms with Crippen LogP contribution < -0.4 is 14.8 Å². The van der Waals surface area contributed by atoms with Crippen molar-refractivity contribution >= 4 is 15.7 Å². The van der Waals surface area contributed by atoms with Crippen molar-refractivity contribution in [3.8, 4) is 5.75 Å². The van der Waals surface area contributed by atoms with Gasteiger partial charge >= 0.3 is 6.61 Å². The van der Waals surface area contributed by atoms with Crippen LogP contribution in [0.2, 0.25) is 0 Å². The number of alkyl halides is 2. The number of benzene rings is 1. The molecule has 1 rings (SSSR count). The number of halogens is 2. The topological polar surface area (TPSA) is 67.4 Å². The molecule has 0 saturated carbocycles. The lowest BCUT2D eigenvalue weighted by atomic mass is 10.3. The predicted molar refractivity (Wildman–Crippen MR) is 73.6 cm³/mol. The molecular weight excluding hydrogens is 290 g/mol. The van der Waals surface area contributed by atoms with Crippen LogP contribution in [0, 0.1) is 0 Å². The van der Waals surface area contributed by atoms with Crippen LogP contribution in [0.1, 0.15) is 13.8 Å². The maximum absolute atomic E-state index is 12.0. The molecule has 0 aliphatic rings. The number of ether oxygens (including phenoxy) is 1. The molecule has 0 atom stereocenters. The fourth-order valence-electron chi connectivity index (χ4n) is 1.42. The molecule has 0 amide bonds. The molecule has 1 aromatic carbocycles. The van der Waals surface area contributed by atoms with Gasteiger partial charge in [-0.2, -0.15) is 8.78 Å². The Kier molecular flexibility index (Phi) is 6.15. The van der Waals surface area contributed by atoms with Crippen LogP contribution in [0.25, 0.3) is 0 Å². The first-order valence-corrected chi connectivity index (χ1v) is 7.72. The summed E-state index contributed by atoms with van der Waals surface area (Å²) in [6.07, 6.45) is 0. The lowest BCUT2D eigenvalue weighted by Gasteiger charge is -2.11. The Hall–Kier alpha value is -1.41. The number of hydrogen-bond donors (Lipinski definition) is 2. The lowest BCUT2D eigenvalue weighted by molar-refractivity contribution is -0.0498. The van der Waals surface area contributed by atoms with Crippen molar-refractivity contribution in [2.45, 2.75) is 26.5 Å². The summed E-state index contributed by atoms with van der Waals surface area (Å²) in [6.45, 7) is 1.27. The largest absolute Gasteiger partial charge is 0.435 e. The zero-order valence-corrected chi connectivity index (χ0v) is 12.1. The van der Waals surface area contributed by atoms with Gasteiger partial charge in [0.15, 0.2) is 0 Å². The summed E-state index contributed by atoms with van der Waals surface area (Å²) in [5.74, 6) is -0.0927. The van der Waals surface area contributed by atoms with E-state index in [1.54, 1.807) is 0 Å². The van der Waals surface area contributed by atoms with E-state index in [2.05, 4.69) is 14.8 Å². The normalized spacial score (nSPS) is 11.9. The minimum Gasteiger partial charge on any atom is -0.435 e. The van der Waals surface area contributed by atoms with Gasteiger partial charge in [-0.25, -0.2) is 8.42 Å². The monoisotopic (exact) mass is 308 g/mol. The minimum atomic E-state index is -3.47. The van der Waals surface area contributed by atoms with E-state index in [9.17, 15) is 17.2 Å². The predicted octanol–water partition coefficient (Wildman–Crippen LogP) is 2.03. The van der Waals surface area contributed by atoms with Crippen molar-refractivity contribution in [2.24, 2.45) is 0 Å². The van der Waals surface area contributed by atoms with E-state index in [0.717, 1.165) is 0 Å².